The van der Waals surface area contributed by atoms with Crippen molar-refractivity contribution in [3.05, 3.63) is 23.4 Å². The molecule has 112 valence electrons. The third kappa shape index (κ3) is 3.93. The van der Waals surface area contributed by atoms with Crippen LogP contribution in [0.2, 0.25) is 0 Å². The van der Waals surface area contributed by atoms with Crippen LogP contribution in [0.1, 0.15) is 69.4 Å². The van der Waals surface area contributed by atoms with Crippen LogP contribution in [-0.2, 0) is 0 Å². The first kappa shape index (κ1) is 16.4. The molecule has 0 fully saturated rings. The van der Waals surface area contributed by atoms with Gasteiger partial charge in [0.05, 0.1) is 0 Å². The van der Waals surface area contributed by atoms with Crippen molar-refractivity contribution in [2.24, 2.45) is 5.84 Å². The Morgan fingerprint density at radius 2 is 1.95 bits per heavy atom. The van der Waals surface area contributed by atoms with Crippen molar-refractivity contribution in [3.63, 3.8) is 0 Å². The van der Waals surface area contributed by atoms with Crippen molar-refractivity contribution in [2.45, 2.75) is 58.9 Å². The molecule has 0 radical (unpaired) electrons. The monoisotopic (exact) mass is 278 g/mol. The van der Waals surface area contributed by atoms with Crippen molar-refractivity contribution in [1.29, 1.82) is 0 Å². The molecule has 0 saturated carbocycles. The highest BCUT2D eigenvalue weighted by atomic mass is 16.1. The lowest BCUT2D eigenvalue weighted by atomic mass is 9.95. The lowest BCUT2D eigenvalue weighted by molar-refractivity contribution is 0.0901. The molecule has 0 aromatic carbocycles. The van der Waals surface area contributed by atoms with Gasteiger partial charge in [-0.15, -0.1) is 0 Å². The zero-order valence-corrected chi connectivity index (χ0v) is 13.1. The van der Waals surface area contributed by atoms with Gasteiger partial charge in [-0.3, -0.25) is 4.79 Å². The van der Waals surface area contributed by atoms with Gasteiger partial charge in [-0.25, -0.2) is 10.8 Å². The van der Waals surface area contributed by atoms with Crippen molar-refractivity contribution in [2.75, 3.05) is 5.43 Å². The lowest BCUT2D eigenvalue weighted by Gasteiger charge is -2.28. The number of hydrogen-bond acceptors (Lipinski definition) is 4. The summed E-state index contributed by atoms with van der Waals surface area (Å²) in [6.45, 7) is 10.3. The largest absolute Gasteiger partial charge is 0.347 e. The Balaban J connectivity index is 3.06. The summed E-state index contributed by atoms with van der Waals surface area (Å²) >= 11 is 0. The highest BCUT2D eigenvalue weighted by molar-refractivity contribution is 5.95. The van der Waals surface area contributed by atoms with Crippen molar-refractivity contribution < 1.29 is 4.79 Å². The quantitative estimate of drug-likeness (QED) is 0.552. The average Bonchev–Trinajstić information content (AvgIpc) is 2.46. The predicted molar refractivity (Wildman–Crippen MR) is 82.6 cm³/mol. The Morgan fingerprint density at radius 1 is 1.35 bits per heavy atom. The van der Waals surface area contributed by atoms with E-state index in [1.54, 1.807) is 6.07 Å². The van der Waals surface area contributed by atoms with E-state index in [1.165, 1.54) is 0 Å². The number of hydrazine groups is 1. The van der Waals surface area contributed by atoms with E-state index in [2.05, 4.69) is 36.5 Å². The Hall–Kier alpha value is -1.62. The molecule has 0 atom stereocenters. The average molecular weight is 278 g/mol. The molecule has 1 aromatic rings. The van der Waals surface area contributed by atoms with Gasteiger partial charge in [-0.05, 0) is 37.8 Å². The zero-order valence-electron chi connectivity index (χ0n) is 13.1. The molecule has 0 unspecified atom stereocenters. The number of hydrogen-bond donors (Lipinski definition) is 3. The van der Waals surface area contributed by atoms with Gasteiger partial charge < -0.3 is 10.7 Å². The van der Waals surface area contributed by atoms with Crippen LogP contribution in [-0.4, -0.2) is 16.4 Å². The molecule has 1 aromatic heterocycles. The SMILES string of the molecule is CCC(C)(CC)NC(=O)c1cc(NN)nc(C(C)C)c1. The fraction of sp³-hybridized carbons (Fsp3) is 0.600. The third-order valence-corrected chi connectivity index (χ3v) is 3.82. The first-order valence-corrected chi connectivity index (χ1v) is 7.16. The van der Waals surface area contributed by atoms with Crippen LogP contribution < -0.4 is 16.6 Å². The van der Waals surface area contributed by atoms with Crippen LogP contribution in [0, 0.1) is 0 Å². The highest BCUT2D eigenvalue weighted by Crippen LogP contribution is 2.19. The first-order chi connectivity index (χ1) is 9.35. The van der Waals surface area contributed by atoms with E-state index < -0.39 is 0 Å². The highest BCUT2D eigenvalue weighted by Gasteiger charge is 2.23. The topological polar surface area (TPSA) is 80.0 Å². The van der Waals surface area contributed by atoms with Crippen molar-refractivity contribution in [3.8, 4) is 0 Å². The number of nitrogens with zero attached hydrogens (tertiary/aromatic N) is 1. The Morgan fingerprint density at radius 3 is 2.40 bits per heavy atom. The lowest BCUT2D eigenvalue weighted by Crippen LogP contribution is -2.45. The molecule has 1 amide bonds. The maximum Gasteiger partial charge on any atom is 0.251 e. The van der Waals surface area contributed by atoms with E-state index >= 15 is 0 Å². The molecule has 0 aliphatic rings. The number of carbonyl (C=O) groups excluding carboxylic acids is 1. The van der Waals surface area contributed by atoms with Gasteiger partial charge in [0.15, 0.2) is 0 Å². The molecule has 1 heterocycles. The van der Waals surface area contributed by atoms with Gasteiger partial charge in [0.1, 0.15) is 5.82 Å². The minimum Gasteiger partial charge on any atom is -0.347 e. The van der Waals surface area contributed by atoms with E-state index in [0.29, 0.717) is 11.4 Å². The summed E-state index contributed by atoms with van der Waals surface area (Å²) in [7, 11) is 0. The molecule has 0 aliphatic carbocycles. The Labute approximate surface area is 121 Å². The fourth-order valence-corrected chi connectivity index (χ4v) is 1.83. The summed E-state index contributed by atoms with van der Waals surface area (Å²) in [5.74, 6) is 6.08. The molecule has 5 heteroatoms. The molecule has 5 nitrogen and oxygen atoms in total. The number of anilines is 1. The third-order valence-electron chi connectivity index (χ3n) is 3.82. The molecule has 0 aliphatic heterocycles. The van der Waals surface area contributed by atoms with Gasteiger partial charge in [0, 0.05) is 16.8 Å². The number of carbonyl (C=O) groups is 1. The van der Waals surface area contributed by atoms with E-state index in [9.17, 15) is 4.79 Å². The van der Waals surface area contributed by atoms with Gasteiger partial charge in [-0.2, -0.15) is 0 Å². The predicted octanol–water partition coefficient (Wildman–Crippen LogP) is 2.80. The minimum absolute atomic E-state index is 0.0861. The summed E-state index contributed by atoms with van der Waals surface area (Å²) in [6.07, 6.45) is 1.78. The number of nitrogen functional groups attached to an aromatic ring is 1. The molecule has 1 rings (SSSR count). The van der Waals surface area contributed by atoms with Crippen molar-refractivity contribution >= 4 is 11.7 Å². The number of rotatable bonds is 6. The van der Waals surface area contributed by atoms with Gasteiger partial charge in [0.25, 0.3) is 5.91 Å². The number of nitrogens with two attached hydrogens (primary N) is 1. The second kappa shape index (κ2) is 6.70. The van der Waals surface area contributed by atoms with Crippen LogP contribution >= 0.6 is 0 Å². The molecule has 0 saturated heterocycles. The van der Waals surface area contributed by atoms with Crippen LogP contribution in [0.5, 0.6) is 0 Å². The molecule has 20 heavy (non-hydrogen) atoms. The Kier molecular flexibility index (Phi) is 5.51. The number of amides is 1. The Bertz CT molecular complexity index is 467. The van der Waals surface area contributed by atoms with Crippen LogP contribution in [0.3, 0.4) is 0 Å². The maximum atomic E-state index is 12.4. The van der Waals surface area contributed by atoms with E-state index in [-0.39, 0.29) is 17.4 Å². The van der Waals surface area contributed by atoms with Crippen molar-refractivity contribution in [1.82, 2.24) is 10.3 Å². The van der Waals surface area contributed by atoms with Crippen LogP contribution in [0.4, 0.5) is 5.82 Å². The summed E-state index contributed by atoms with van der Waals surface area (Å²) in [5, 5.41) is 3.09. The standard InChI is InChI=1S/C15H26N4O/c1-6-15(5,7-2)18-14(20)11-8-12(10(3)4)17-13(9-11)19-16/h8-10H,6-7,16H2,1-5H3,(H,17,19)(H,18,20). The number of nitrogens with one attached hydrogen (secondary N) is 2. The fourth-order valence-electron chi connectivity index (χ4n) is 1.83. The van der Waals surface area contributed by atoms with Gasteiger partial charge in [-0.1, -0.05) is 27.7 Å². The smallest absolute Gasteiger partial charge is 0.251 e. The van der Waals surface area contributed by atoms with Gasteiger partial charge >= 0.3 is 0 Å². The zero-order chi connectivity index (χ0) is 15.3. The van der Waals surface area contributed by atoms with Crippen LogP contribution in [0.25, 0.3) is 0 Å². The van der Waals surface area contributed by atoms with E-state index in [4.69, 9.17) is 5.84 Å². The maximum absolute atomic E-state index is 12.4. The minimum atomic E-state index is -0.186. The number of pyridine rings is 1. The second-order valence-corrected chi connectivity index (χ2v) is 5.69. The second-order valence-electron chi connectivity index (χ2n) is 5.69. The van der Waals surface area contributed by atoms with Crippen LogP contribution in [0.15, 0.2) is 12.1 Å². The first-order valence-electron chi connectivity index (χ1n) is 7.16. The normalized spacial score (nSPS) is 11.6. The van der Waals surface area contributed by atoms with Gasteiger partial charge in [0.2, 0.25) is 0 Å². The molecule has 0 spiro atoms. The molecule has 0 bridgehead atoms. The summed E-state index contributed by atoms with van der Waals surface area (Å²) in [5.41, 5.74) is 3.77. The summed E-state index contributed by atoms with van der Waals surface area (Å²) < 4.78 is 0. The molecular formula is C15H26N4O. The molecular weight excluding hydrogens is 252 g/mol. The van der Waals surface area contributed by atoms with E-state index in [1.807, 2.05) is 19.9 Å². The summed E-state index contributed by atoms with van der Waals surface area (Å²) in [6, 6.07) is 3.50. The summed E-state index contributed by atoms with van der Waals surface area (Å²) in [4.78, 5) is 16.8. The van der Waals surface area contributed by atoms with E-state index in [0.717, 1.165) is 18.5 Å². The molecule has 4 N–H and O–H groups in total. The number of aromatic nitrogens is 1.